The zero-order chi connectivity index (χ0) is 6.32. The molecule has 0 atom stereocenters. The zero-order valence-electron chi connectivity index (χ0n) is 5.30. The van der Waals surface area contributed by atoms with Crippen molar-refractivity contribution in [3.63, 3.8) is 0 Å². The Hall–Kier alpha value is -0.120. The second kappa shape index (κ2) is 1.68. The largest absolute Gasteiger partial charge is 0.347 e. The summed E-state index contributed by atoms with van der Waals surface area (Å²) in [5.74, 6) is -0.237. The molecular formula is C6H11NO2. The van der Waals surface area contributed by atoms with Gasteiger partial charge in [0.2, 0.25) is 0 Å². The minimum absolute atomic E-state index is 0.237. The Balaban J connectivity index is 1.95. The van der Waals surface area contributed by atoms with Crippen molar-refractivity contribution in [3.8, 4) is 0 Å². The molecule has 2 fully saturated rings. The normalized spacial score (nSPS) is 33.0. The third-order valence-corrected chi connectivity index (χ3v) is 1.96. The Morgan fingerprint density at radius 1 is 1.22 bits per heavy atom. The van der Waals surface area contributed by atoms with E-state index < -0.39 is 0 Å². The SMILES string of the molecule is NC1CC2(C1)OCCO2. The van der Waals surface area contributed by atoms with E-state index in [1.807, 2.05) is 0 Å². The first-order chi connectivity index (χ1) is 4.31. The Labute approximate surface area is 54.1 Å². The predicted molar refractivity (Wildman–Crippen MR) is 31.8 cm³/mol. The van der Waals surface area contributed by atoms with E-state index >= 15 is 0 Å². The van der Waals surface area contributed by atoms with Crippen LogP contribution >= 0.6 is 0 Å². The number of hydrogen-bond acceptors (Lipinski definition) is 3. The summed E-state index contributed by atoms with van der Waals surface area (Å²) in [7, 11) is 0. The summed E-state index contributed by atoms with van der Waals surface area (Å²) < 4.78 is 10.7. The minimum atomic E-state index is -0.237. The predicted octanol–water partition coefficient (Wildman–Crippen LogP) is -0.149. The Morgan fingerprint density at radius 2 is 1.78 bits per heavy atom. The molecule has 0 aromatic carbocycles. The molecule has 0 unspecified atom stereocenters. The lowest BCUT2D eigenvalue weighted by atomic mass is 9.86. The van der Waals surface area contributed by atoms with Crippen LogP contribution < -0.4 is 5.73 Å². The van der Waals surface area contributed by atoms with Crippen molar-refractivity contribution in [2.75, 3.05) is 13.2 Å². The van der Waals surface area contributed by atoms with Crippen molar-refractivity contribution >= 4 is 0 Å². The highest BCUT2D eigenvalue weighted by Crippen LogP contribution is 2.38. The third kappa shape index (κ3) is 0.764. The molecule has 2 aliphatic rings. The first-order valence-corrected chi connectivity index (χ1v) is 3.34. The lowest BCUT2D eigenvalue weighted by molar-refractivity contribution is -0.213. The van der Waals surface area contributed by atoms with Gasteiger partial charge in [-0.25, -0.2) is 0 Å². The van der Waals surface area contributed by atoms with Gasteiger partial charge in [0.15, 0.2) is 5.79 Å². The van der Waals surface area contributed by atoms with E-state index in [2.05, 4.69) is 0 Å². The summed E-state index contributed by atoms with van der Waals surface area (Å²) in [4.78, 5) is 0. The van der Waals surface area contributed by atoms with Crippen LogP contribution in [0.15, 0.2) is 0 Å². The first-order valence-electron chi connectivity index (χ1n) is 3.34. The molecule has 1 spiro atoms. The Kier molecular flexibility index (Phi) is 1.06. The van der Waals surface area contributed by atoms with E-state index in [0.717, 1.165) is 26.1 Å². The Bertz CT molecular complexity index is 112. The van der Waals surface area contributed by atoms with Gasteiger partial charge >= 0.3 is 0 Å². The molecule has 1 aliphatic carbocycles. The smallest absolute Gasteiger partial charge is 0.171 e. The van der Waals surface area contributed by atoms with Gasteiger partial charge in [-0.15, -0.1) is 0 Å². The maximum Gasteiger partial charge on any atom is 0.171 e. The average Bonchev–Trinajstić information content (AvgIpc) is 2.12. The molecule has 0 radical (unpaired) electrons. The van der Waals surface area contributed by atoms with Crippen LogP contribution in [0.5, 0.6) is 0 Å². The molecule has 1 saturated heterocycles. The maximum absolute atomic E-state index is 5.57. The number of hydrogen-bond donors (Lipinski definition) is 1. The Morgan fingerprint density at radius 3 is 2.22 bits per heavy atom. The van der Waals surface area contributed by atoms with E-state index in [4.69, 9.17) is 15.2 Å². The van der Waals surface area contributed by atoms with Crippen molar-refractivity contribution in [3.05, 3.63) is 0 Å². The van der Waals surface area contributed by atoms with E-state index in [0.29, 0.717) is 6.04 Å². The first kappa shape index (κ1) is 5.65. The van der Waals surface area contributed by atoms with Crippen LogP contribution in [0.1, 0.15) is 12.8 Å². The second-order valence-electron chi connectivity index (χ2n) is 2.78. The van der Waals surface area contributed by atoms with Gasteiger partial charge < -0.3 is 15.2 Å². The highest BCUT2D eigenvalue weighted by Gasteiger charge is 2.47. The molecule has 2 rings (SSSR count). The highest BCUT2D eigenvalue weighted by atomic mass is 16.7. The van der Waals surface area contributed by atoms with Crippen LogP contribution in [0.4, 0.5) is 0 Å². The van der Waals surface area contributed by atoms with Crippen LogP contribution in [-0.4, -0.2) is 25.0 Å². The van der Waals surface area contributed by atoms with Gasteiger partial charge in [-0.1, -0.05) is 0 Å². The van der Waals surface area contributed by atoms with E-state index in [1.165, 1.54) is 0 Å². The summed E-state index contributed by atoms with van der Waals surface area (Å²) >= 11 is 0. The summed E-state index contributed by atoms with van der Waals surface area (Å²) in [6.07, 6.45) is 1.76. The molecule has 52 valence electrons. The maximum atomic E-state index is 5.57. The average molecular weight is 129 g/mol. The molecule has 0 aromatic rings. The zero-order valence-corrected chi connectivity index (χ0v) is 5.30. The molecule has 1 heterocycles. The quantitative estimate of drug-likeness (QED) is 0.494. The van der Waals surface area contributed by atoms with E-state index in [9.17, 15) is 0 Å². The van der Waals surface area contributed by atoms with Crippen LogP contribution in [0, 0.1) is 0 Å². The number of rotatable bonds is 0. The van der Waals surface area contributed by atoms with Gasteiger partial charge in [0.25, 0.3) is 0 Å². The summed E-state index contributed by atoms with van der Waals surface area (Å²) in [6, 6.07) is 0.308. The molecule has 9 heavy (non-hydrogen) atoms. The van der Waals surface area contributed by atoms with Crippen LogP contribution in [0.2, 0.25) is 0 Å². The molecule has 2 N–H and O–H groups in total. The van der Waals surface area contributed by atoms with Gasteiger partial charge in [0.1, 0.15) is 0 Å². The van der Waals surface area contributed by atoms with Crippen LogP contribution in [0.3, 0.4) is 0 Å². The molecule has 1 aliphatic heterocycles. The molecule has 0 bridgehead atoms. The van der Waals surface area contributed by atoms with Gasteiger partial charge in [-0.2, -0.15) is 0 Å². The third-order valence-electron chi connectivity index (χ3n) is 1.96. The molecule has 3 nitrogen and oxygen atoms in total. The van der Waals surface area contributed by atoms with Crippen molar-refractivity contribution in [2.24, 2.45) is 5.73 Å². The lowest BCUT2D eigenvalue weighted by Crippen LogP contribution is -2.52. The number of nitrogens with two attached hydrogens (primary N) is 1. The summed E-state index contributed by atoms with van der Waals surface area (Å²) in [6.45, 7) is 1.49. The standard InChI is InChI=1S/C6H11NO2/c7-5-3-6(4-5)8-1-2-9-6/h5H,1-4,7H2. The topological polar surface area (TPSA) is 44.5 Å². The molecule has 1 saturated carbocycles. The van der Waals surface area contributed by atoms with Crippen molar-refractivity contribution < 1.29 is 9.47 Å². The van der Waals surface area contributed by atoms with Gasteiger partial charge in [0, 0.05) is 18.9 Å². The monoisotopic (exact) mass is 129 g/mol. The summed E-state index contributed by atoms with van der Waals surface area (Å²) in [5.41, 5.74) is 5.57. The fourth-order valence-electron chi connectivity index (χ4n) is 1.47. The fourth-order valence-corrected chi connectivity index (χ4v) is 1.47. The fraction of sp³-hybridized carbons (Fsp3) is 1.00. The van der Waals surface area contributed by atoms with Gasteiger partial charge in [0.05, 0.1) is 13.2 Å². The van der Waals surface area contributed by atoms with Gasteiger partial charge in [-0.3, -0.25) is 0 Å². The van der Waals surface area contributed by atoms with Crippen LogP contribution in [0.25, 0.3) is 0 Å². The lowest BCUT2D eigenvalue weighted by Gasteiger charge is -2.40. The van der Waals surface area contributed by atoms with Crippen molar-refractivity contribution in [2.45, 2.75) is 24.7 Å². The van der Waals surface area contributed by atoms with Crippen molar-refractivity contribution in [1.29, 1.82) is 0 Å². The highest BCUT2D eigenvalue weighted by molar-refractivity contribution is 4.93. The molecule has 0 amide bonds. The van der Waals surface area contributed by atoms with E-state index in [-0.39, 0.29) is 5.79 Å². The molecule has 0 aromatic heterocycles. The molecule has 3 heteroatoms. The summed E-state index contributed by atoms with van der Waals surface area (Å²) in [5, 5.41) is 0. The second-order valence-corrected chi connectivity index (χ2v) is 2.78. The van der Waals surface area contributed by atoms with Gasteiger partial charge in [-0.05, 0) is 0 Å². The van der Waals surface area contributed by atoms with Crippen molar-refractivity contribution in [1.82, 2.24) is 0 Å². The minimum Gasteiger partial charge on any atom is -0.347 e. The van der Waals surface area contributed by atoms with E-state index in [1.54, 1.807) is 0 Å². The van der Waals surface area contributed by atoms with Crippen LogP contribution in [-0.2, 0) is 9.47 Å². The number of ether oxygens (including phenoxy) is 2. The molecular weight excluding hydrogens is 118 g/mol.